The minimum absolute atomic E-state index is 0.00529. The van der Waals surface area contributed by atoms with Gasteiger partial charge in [-0.25, -0.2) is 0 Å². The highest BCUT2D eigenvalue weighted by atomic mass is 79.9. The molecule has 0 radical (unpaired) electrons. The van der Waals surface area contributed by atoms with E-state index in [1.807, 2.05) is 18.2 Å². The lowest BCUT2D eigenvalue weighted by atomic mass is 10.1. The van der Waals surface area contributed by atoms with Crippen molar-refractivity contribution in [2.45, 2.75) is 44.9 Å². The Morgan fingerprint density at radius 3 is 2.83 bits per heavy atom. The fourth-order valence-electron chi connectivity index (χ4n) is 2.17. The Balaban J connectivity index is 1.91. The van der Waals surface area contributed by atoms with Crippen LogP contribution in [0.3, 0.4) is 0 Å². The van der Waals surface area contributed by atoms with E-state index >= 15 is 0 Å². The molecule has 0 spiro atoms. The van der Waals surface area contributed by atoms with E-state index in [1.165, 1.54) is 0 Å². The maximum atomic E-state index is 5.89. The van der Waals surface area contributed by atoms with E-state index in [9.17, 15) is 0 Å². The summed E-state index contributed by atoms with van der Waals surface area (Å²) < 4.78 is 12.6. The Labute approximate surface area is 117 Å². The summed E-state index contributed by atoms with van der Waals surface area (Å²) in [4.78, 5) is 0. The predicted octanol–water partition coefficient (Wildman–Crippen LogP) is 3.24. The molecule has 0 amide bonds. The van der Waals surface area contributed by atoms with Crippen LogP contribution in [-0.2, 0) is 11.3 Å². The van der Waals surface area contributed by atoms with Gasteiger partial charge in [-0.1, -0.05) is 6.07 Å². The van der Waals surface area contributed by atoms with Crippen molar-refractivity contribution in [3.05, 3.63) is 28.2 Å². The summed E-state index contributed by atoms with van der Waals surface area (Å²) in [5.41, 5.74) is 6.68. The molecular weight excluding hydrogens is 294 g/mol. The number of ether oxygens (including phenoxy) is 2. The highest BCUT2D eigenvalue weighted by Crippen LogP contribution is 2.31. The van der Waals surface area contributed by atoms with Gasteiger partial charge in [-0.15, -0.1) is 0 Å². The van der Waals surface area contributed by atoms with Crippen LogP contribution in [0, 0.1) is 0 Å². The molecule has 2 N–H and O–H groups in total. The number of benzene rings is 1. The summed E-state index contributed by atoms with van der Waals surface area (Å²) in [5, 5.41) is 0. The lowest BCUT2D eigenvalue weighted by molar-refractivity contribution is -0.0327. The molecule has 18 heavy (non-hydrogen) atoms. The molecule has 2 rings (SSSR count). The van der Waals surface area contributed by atoms with Crippen molar-refractivity contribution >= 4 is 15.9 Å². The van der Waals surface area contributed by atoms with Gasteiger partial charge in [0, 0.05) is 6.54 Å². The molecule has 1 aromatic rings. The van der Waals surface area contributed by atoms with Crippen LogP contribution in [0.5, 0.6) is 5.75 Å². The summed E-state index contributed by atoms with van der Waals surface area (Å²) in [6.45, 7) is 5.39. The van der Waals surface area contributed by atoms with Crippen LogP contribution < -0.4 is 10.5 Å². The van der Waals surface area contributed by atoms with Crippen LogP contribution in [0.2, 0.25) is 0 Å². The second-order valence-corrected chi connectivity index (χ2v) is 6.17. The molecule has 1 fully saturated rings. The molecule has 1 heterocycles. The second kappa shape index (κ2) is 5.59. The molecule has 100 valence electrons. The molecule has 4 heteroatoms. The molecule has 3 nitrogen and oxygen atoms in total. The topological polar surface area (TPSA) is 44.5 Å². The minimum Gasteiger partial charge on any atom is -0.490 e. The maximum Gasteiger partial charge on any atom is 0.133 e. The van der Waals surface area contributed by atoms with Crippen LogP contribution >= 0.6 is 15.9 Å². The number of hydrogen-bond acceptors (Lipinski definition) is 3. The molecular formula is C14H20BrNO2. The van der Waals surface area contributed by atoms with Gasteiger partial charge in [0.05, 0.1) is 16.2 Å². The zero-order valence-electron chi connectivity index (χ0n) is 10.9. The molecule has 1 saturated heterocycles. The van der Waals surface area contributed by atoms with E-state index in [0.717, 1.165) is 28.6 Å². The van der Waals surface area contributed by atoms with Crippen molar-refractivity contribution in [1.29, 1.82) is 0 Å². The quantitative estimate of drug-likeness (QED) is 0.928. The van der Waals surface area contributed by atoms with Gasteiger partial charge < -0.3 is 15.2 Å². The molecule has 0 aromatic heterocycles. The van der Waals surface area contributed by atoms with Crippen LogP contribution in [0.25, 0.3) is 0 Å². The van der Waals surface area contributed by atoms with Crippen LogP contribution in [-0.4, -0.2) is 18.3 Å². The Morgan fingerprint density at radius 2 is 2.28 bits per heavy atom. The molecule has 1 unspecified atom stereocenters. The third-order valence-corrected chi connectivity index (χ3v) is 3.83. The van der Waals surface area contributed by atoms with E-state index in [1.54, 1.807) is 0 Å². The molecule has 1 atom stereocenters. The van der Waals surface area contributed by atoms with Gasteiger partial charge in [0.15, 0.2) is 0 Å². The first-order chi connectivity index (χ1) is 8.50. The van der Waals surface area contributed by atoms with Crippen molar-refractivity contribution in [2.24, 2.45) is 5.73 Å². The average Bonchev–Trinajstić information content (AvgIpc) is 2.67. The monoisotopic (exact) mass is 313 g/mol. The van der Waals surface area contributed by atoms with Gasteiger partial charge in [0.25, 0.3) is 0 Å². The van der Waals surface area contributed by atoms with E-state index in [0.29, 0.717) is 13.2 Å². The fourth-order valence-corrected chi connectivity index (χ4v) is 2.71. The van der Waals surface area contributed by atoms with Gasteiger partial charge in [-0.05, 0) is 60.3 Å². The smallest absolute Gasteiger partial charge is 0.133 e. The maximum absolute atomic E-state index is 5.89. The molecule has 0 aliphatic carbocycles. The number of nitrogens with two attached hydrogens (primary N) is 1. The first-order valence-electron chi connectivity index (χ1n) is 6.29. The lowest BCUT2D eigenvalue weighted by Crippen LogP contribution is -2.23. The minimum atomic E-state index is -0.00529. The zero-order chi connectivity index (χ0) is 13.2. The van der Waals surface area contributed by atoms with Crippen molar-refractivity contribution in [1.82, 2.24) is 0 Å². The Morgan fingerprint density at radius 1 is 1.50 bits per heavy atom. The Hall–Kier alpha value is -0.580. The molecule has 1 aromatic carbocycles. The van der Waals surface area contributed by atoms with Crippen molar-refractivity contribution in [2.75, 3.05) is 6.61 Å². The molecule has 0 bridgehead atoms. The standard InChI is InChI=1S/C14H20BrNO2/c1-14(2)6-5-11(18-14)9-17-13-4-3-10(8-16)7-12(13)15/h3-4,7,11H,5-6,8-9,16H2,1-2H3. The van der Waals surface area contributed by atoms with Crippen molar-refractivity contribution in [3.8, 4) is 5.75 Å². The summed E-state index contributed by atoms with van der Waals surface area (Å²) in [7, 11) is 0. The van der Waals surface area contributed by atoms with Crippen molar-refractivity contribution < 1.29 is 9.47 Å². The first kappa shape index (κ1) is 13.8. The van der Waals surface area contributed by atoms with E-state index in [4.69, 9.17) is 15.2 Å². The SMILES string of the molecule is CC1(C)CCC(COc2ccc(CN)cc2Br)O1. The summed E-state index contributed by atoms with van der Waals surface area (Å²) >= 11 is 3.50. The average molecular weight is 314 g/mol. The number of halogens is 1. The van der Waals surface area contributed by atoms with Gasteiger partial charge >= 0.3 is 0 Å². The zero-order valence-corrected chi connectivity index (χ0v) is 12.5. The van der Waals surface area contributed by atoms with E-state index in [2.05, 4.69) is 29.8 Å². The molecule has 0 saturated carbocycles. The van der Waals surface area contributed by atoms with Crippen LogP contribution in [0.4, 0.5) is 0 Å². The van der Waals surface area contributed by atoms with Gasteiger partial charge in [0.2, 0.25) is 0 Å². The normalized spacial score (nSPS) is 22.1. The lowest BCUT2D eigenvalue weighted by Gasteiger charge is -2.19. The van der Waals surface area contributed by atoms with E-state index in [-0.39, 0.29) is 11.7 Å². The third kappa shape index (κ3) is 3.46. The Kier molecular flexibility index (Phi) is 4.30. The summed E-state index contributed by atoms with van der Waals surface area (Å²) in [5.74, 6) is 0.848. The first-order valence-corrected chi connectivity index (χ1v) is 7.08. The van der Waals surface area contributed by atoms with Crippen LogP contribution in [0.1, 0.15) is 32.3 Å². The summed E-state index contributed by atoms with van der Waals surface area (Å²) in [6, 6.07) is 5.93. The number of rotatable bonds is 4. The van der Waals surface area contributed by atoms with Crippen molar-refractivity contribution in [3.63, 3.8) is 0 Å². The van der Waals surface area contributed by atoms with Gasteiger partial charge in [0.1, 0.15) is 12.4 Å². The number of hydrogen-bond donors (Lipinski definition) is 1. The van der Waals surface area contributed by atoms with Crippen LogP contribution in [0.15, 0.2) is 22.7 Å². The highest BCUT2D eigenvalue weighted by Gasteiger charge is 2.31. The van der Waals surface area contributed by atoms with Gasteiger partial charge in [-0.2, -0.15) is 0 Å². The second-order valence-electron chi connectivity index (χ2n) is 5.32. The highest BCUT2D eigenvalue weighted by molar-refractivity contribution is 9.10. The van der Waals surface area contributed by atoms with E-state index < -0.39 is 0 Å². The summed E-state index contributed by atoms with van der Waals surface area (Å²) in [6.07, 6.45) is 2.35. The third-order valence-electron chi connectivity index (χ3n) is 3.21. The molecule has 1 aliphatic heterocycles. The van der Waals surface area contributed by atoms with Gasteiger partial charge in [-0.3, -0.25) is 0 Å². The fraction of sp³-hybridized carbons (Fsp3) is 0.571. The molecule has 1 aliphatic rings. The predicted molar refractivity (Wildman–Crippen MR) is 75.7 cm³/mol. The Bertz CT molecular complexity index is 420. The largest absolute Gasteiger partial charge is 0.490 e.